The summed E-state index contributed by atoms with van der Waals surface area (Å²) in [5.41, 5.74) is 5.57. The van der Waals surface area contributed by atoms with E-state index >= 15 is 0 Å². The zero-order valence-corrected chi connectivity index (χ0v) is 12.2. The number of hydrogen-bond acceptors (Lipinski definition) is 5. The number of amides is 1. The monoisotopic (exact) mass is 289 g/mol. The van der Waals surface area contributed by atoms with Crippen molar-refractivity contribution in [1.29, 1.82) is 0 Å². The highest BCUT2D eigenvalue weighted by atomic mass is 32.2. The minimum absolute atomic E-state index is 0.0538. The lowest BCUT2D eigenvalue weighted by molar-refractivity contribution is -0.124. The molecular formula is C10H19N5O3S. The molecule has 1 aromatic rings. The Morgan fingerprint density at radius 2 is 2.21 bits per heavy atom. The molecule has 0 saturated heterocycles. The molecule has 0 spiro atoms. The van der Waals surface area contributed by atoms with Gasteiger partial charge in [0.05, 0.1) is 6.33 Å². The van der Waals surface area contributed by atoms with Crippen molar-refractivity contribution in [3.8, 4) is 0 Å². The molecule has 0 aromatic carbocycles. The highest BCUT2D eigenvalue weighted by molar-refractivity contribution is 7.89. The van der Waals surface area contributed by atoms with Gasteiger partial charge in [0.25, 0.3) is 10.0 Å². The molecule has 0 bridgehead atoms. The number of aromatic nitrogens is 2. The lowest BCUT2D eigenvalue weighted by Gasteiger charge is -2.20. The molecule has 1 heterocycles. The highest BCUT2D eigenvalue weighted by Gasteiger charge is 2.29. The summed E-state index contributed by atoms with van der Waals surface area (Å²) in [5, 5.41) is 2.41. The summed E-state index contributed by atoms with van der Waals surface area (Å²) < 4.78 is 27.1. The predicted octanol–water partition coefficient (Wildman–Crippen LogP) is -0.995. The Morgan fingerprint density at radius 1 is 1.63 bits per heavy atom. The molecule has 0 saturated carbocycles. The number of anilines is 1. The molecule has 19 heavy (non-hydrogen) atoms. The summed E-state index contributed by atoms with van der Waals surface area (Å²) in [6, 6.07) is 0. The van der Waals surface area contributed by atoms with E-state index in [-0.39, 0.29) is 23.3 Å². The molecule has 1 amide bonds. The first kappa shape index (κ1) is 15.4. The van der Waals surface area contributed by atoms with Crippen molar-refractivity contribution in [2.24, 2.45) is 13.0 Å². The number of nitrogens with two attached hydrogens (primary N) is 1. The standard InChI is InChI=1S/C10H19N5O3S/c1-7(9(16)12-2)5-15(4)19(17,18)10-8(11)13-6-14(10)3/h6-7H,5,11H2,1-4H3,(H,12,16). The van der Waals surface area contributed by atoms with Crippen LogP contribution in [0.3, 0.4) is 0 Å². The number of hydrogen-bond donors (Lipinski definition) is 2. The zero-order valence-electron chi connectivity index (χ0n) is 11.4. The fourth-order valence-electron chi connectivity index (χ4n) is 1.71. The zero-order chi connectivity index (χ0) is 14.8. The molecule has 9 heteroatoms. The fourth-order valence-corrected chi connectivity index (χ4v) is 3.16. The minimum Gasteiger partial charge on any atom is -0.381 e. The maximum atomic E-state index is 12.3. The molecule has 1 rings (SSSR count). The Kier molecular flexibility index (Phi) is 4.53. The molecule has 1 aromatic heterocycles. The van der Waals surface area contributed by atoms with Gasteiger partial charge in [-0.15, -0.1) is 0 Å². The predicted molar refractivity (Wildman–Crippen MR) is 70.7 cm³/mol. The van der Waals surface area contributed by atoms with Gasteiger partial charge in [-0.1, -0.05) is 6.92 Å². The van der Waals surface area contributed by atoms with Gasteiger partial charge in [-0.25, -0.2) is 13.4 Å². The largest absolute Gasteiger partial charge is 0.381 e. The number of rotatable bonds is 5. The average molecular weight is 289 g/mol. The van der Waals surface area contributed by atoms with Gasteiger partial charge in [0.1, 0.15) is 0 Å². The maximum absolute atomic E-state index is 12.3. The first-order chi connectivity index (χ1) is 8.71. The van der Waals surface area contributed by atoms with E-state index in [2.05, 4.69) is 10.3 Å². The van der Waals surface area contributed by atoms with E-state index in [1.807, 2.05) is 0 Å². The Balaban J connectivity index is 2.99. The van der Waals surface area contributed by atoms with Gasteiger partial charge in [-0.05, 0) is 0 Å². The molecule has 1 atom stereocenters. The SMILES string of the molecule is CNC(=O)C(C)CN(C)S(=O)(=O)c1c(N)ncn1C. The van der Waals surface area contributed by atoms with Crippen LogP contribution < -0.4 is 11.1 Å². The van der Waals surface area contributed by atoms with Gasteiger partial charge < -0.3 is 15.6 Å². The number of sulfonamides is 1. The van der Waals surface area contributed by atoms with Crippen LogP contribution in [0.1, 0.15) is 6.92 Å². The summed E-state index contributed by atoms with van der Waals surface area (Å²) in [6.07, 6.45) is 1.33. The van der Waals surface area contributed by atoms with Gasteiger partial charge in [0, 0.05) is 33.6 Å². The summed E-state index contributed by atoms with van der Waals surface area (Å²) in [7, 11) is 0.693. The second kappa shape index (κ2) is 5.57. The molecule has 0 radical (unpaired) electrons. The molecule has 0 aliphatic heterocycles. The Hall–Kier alpha value is -1.61. The van der Waals surface area contributed by atoms with E-state index in [1.165, 1.54) is 25.0 Å². The third-order valence-corrected chi connectivity index (χ3v) is 4.74. The van der Waals surface area contributed by atoms with Gasteiger partial charge in [0.2, 0.25) is 5.91 Å². The average Bonchev–Trinajstić information content (AvgIpc) is 2.68. The number of imidazole rings is 1. The first-order valence-corrected chi connectivity index (χ1v) is 7.10. The van der Waals surface area contributed by atoms with E-state index in [0.29, 0.717) is 0 Å². The van der Waals surface area contributed by atoms with Crippen molar-refractivity contribution in [2.75, 3.05) is 26.4 Å². The number of aryl methyl sites for hydroxylation is 1. The van der Waals surface area contributed by atoms with Crippen LogP contribution in [0.15, 0.2) is 11.4 Å². The Morgan fingerprint density at radius 3 is 2.63 bits per heavy atom. The van der Waals surface area contributed by atoms with Crippen LogP contribution in [0, 0.1) is 5.92 Å². The van der Waals surface area contributed by atoms with Crippen LogP contribution >= 0.6 is 0 Å². The summed E-state index contributed by atoms with van der Waals surface area (Å²) >= 11 is 0. The molecule has 0 aliphatic carbocycles. The Bertz CT molecular complexity index is 546. The van der Waals surface area contributed by atoms with Gasteiger partial charge >= 0.3 is 0 Å². The number of nitrogen functional groups attached to an aromatic ring is 1. The smallest absolute Gasteiger partial charge is 0.262 e. The van der Waals surface area contributed by atoms with Gasteiger partial charge in [0.15, 0.2) is 10.8 Å². The van der Waals surface area contributed by atoms with E-state index in [1.54, 1.807) is 14.0 Å². The van der Waals surface area contributed by atoms with Crippen molar-refractivity contribution in [3.05, 3.63) is 6.33 Å². The molecule has 0 aliphatic rings. The fraction of sp³-hybridized carbons (Fsp3) is 0.600. The first-order valence-electron chi connectivity index (χ1n) is 5.66. The number of nitrogens with zero attached hydrogens (tertiary/aromatic N) is 3. The van der Waals surface area contributed by atoms with Crippen molar-refractivity contribution in [1.82, 2.24) is 19.2 Å². The van der Waals surface area contributed by atoms with E-state index in [9.17, 15) is 13.2 Å². The van der Waals surface area contributed by atoms with Gasteiger partial charge in [-0.2, -0.15) is 4.31 Å². The Labute approximate surface area is 112 Å². The van der Waals surface area contributed by atoms with E-state index < -0.39 is 15.9 Å². The number of nitrogens with one attached hydrogen (secondary N) is 1. The maximum Gasteiger partial charge on any atom is 0.262 e. The quantitative estimate of drug-likeness (QED) is 0.722. The topological polar surface area (TPSA) is 110 Å². The van der Waals surface area contributed by atoms with Crippen LogP contribution in [-0.2, 0) is 21.9 Å². The van der Waals surface area contributed by atoms with E-state index in [4.69, 9.17) is 5.73 Å². The number of carbonyl (C=O) groups excluding carboxylic acids is 1. The third kappa shape index (κ3) is 3.04. The lowest BCUT2D eigenvalue weighted by atomic mass is 10.2. The lowest BCUT2D eigenvalue weighted by Crippen LogP contribution is -2.38. The van der Waals surface area contributed by atoms with Crippen molar-refractivity contribution in [3.63, 3.8) is 0 Å². The van der Waals surface area contributed by atoms with Gasteiger partial charge in [-0.3, -0.25) is 4.79 Å². The molecule has 0 fully saturated rings. The minimum atomic E-state index is -3.77. The summed E-state index contributed by atoms with van der Waals surface area (Å²) in [4.78, 5) is 15.2. The van der Waals surface area contributed by atoms with Crippen molar-refractivity contribution < 1.29 is 13.2 Å². The molecule has 3 N–H and O–H groups in total. The molecule has 108 valence electrons. The molecule has 1 unspecified atom stereocenters. The van der Waals surface area contributed by atoms with Crippen LogP contribution in [-0.4, -0.2) is 48.8 Å². The normalized spacial score (nSPS) is 13.5. The van der Waals surface area contributed by atoms with Crippen molar-refractivity contribution in [2.45, 2.75) is 11.9 Å². The number of carbonyl (C=O) groups is 1. The van der Waals surface area contributed by atoms with Crippen LogP contribution in [0.4, 0.5) is 5.82 Å². The highest BCUT2D eigenvalue weighted by Crippen LogP contribution is 2.20. The second-order valence-electron chi connectivity index (χ2n) is 4.35. The second-order valence-corrected chi connectivity index (χ2v) is 6.31. The van der Waals surface area contributed by atoms with E-state index in [0.717, 1.165) is 4.31 Å². The summed E-state index contributed by atoms with van der Waals surface area (Å²) in [5.74, 6) is -0.735. The molecule has 8 nitrogen and oxygen atoms in total. The molecular weight excluding hydrogens is 270 g/mol. The third-order valence-electron chi connectivity index (χ3n) is 2.79. The van der Waals surface area contributed by atoms with Crippen LogP contribution in [0.5, 0.6) is 0 Å². The summed E-state index contributed by atoms with van der Waals surface area (Å²) in [6.45, 7) is 1.71. The van der Waals surface area contributed by atoms with Crippen LogP contribution in [0.2, 0.25) is 0 Å². The van der Waals surface area contributed by atoms with Crippen LogP contribution in [0.25, 0.3) is 0 Å². The van der Waals surface area contributed by atoms with Crippen molar-refractivity contribution >= 4 is 21.7 Å².